The van der Waals surface area contributed by atoms with Crippen molar-refractivity contribution in [3.63, 3.8) is 0 Å². The molecule has 7 rings (SSSR count). The number of benzene rings is 3. The van der Waals surface area contributed by atoms with Crippen LogP contribution in [0.2, 0.25) is 0 Å². The molecule has 4 saturated heterocycles. The van der Waals surface area contributed by atoms with Gasteiger partial charge in [0.2, 0.25) is 5.91 Å². The van der Waals surface area contributed by atoms with Crippen molar-refractivity contribution in [3.05, 3.63) is 108 Å². The Morgan fingerprint density at radius 1 is 0.852 bits per heavy atom. The number of hydrazone groups is 1. The molecule has 54 heavy (non-hydrogen) atoms. The van der Waals surface area contributed by atoms with E-state index >= 15 is 0 Å². The topological polar surface area (TPSA) is 143 Å². The fourth-order valence-corrected chi connectivity index (χ4v) is 7.67. The van der Waals surface area contributed by atoms with Gasteiger partial charge < -0.3 is 24.4 Å². The van der Waals surface area contributed by atoms with E-state index in [1.165, 1.54) is 44.8 Å². The SMILES string of the molecule is COC(=O)C(c1ccccc1)C1CCCCN1.Cl.O=C(/C(=N\NS(=O)[O-])c1ccccc1)N1CCCCC1.O=C1C(c2ccccc2)C2CCCCN12.[Ar]. The Morgan fingerprint density at radius 3 is 2.04 bits per heavy atom. The van der Waals surface area contributed by atoms with Gasteiger partial charge in [0.25, 0.3) is 5.91 Å². The number of hydrogen-bond donors (Lipinski definition) is 2. The molecule has 2 N–H and O–H groups in total. The van der Waals surface area contributed by atoms with Gasteiger partial charge in [-0.05, 0) is 69.0 Å². The normalized spacial score (nSPS) is 21.6. The number of rotatable bonds is 8. The van der Waals surface area contributed by atoms with Crippen LogP contribution < -0.4 is 10.1 Å². The number of ether oxygens (including phenoxy) is 1. The smallest absolute Gasteiger partial charge is 0.314 e. The molecule has 0 bridgehead atoms. The number of esters is 1. The third-order valence-corrected chi connectivity index (χ3v) is 10.4. The summed E-state index contributed by atoms with van der Waals surface area (Å²) >= 11 is -2.54. The van der Waals surface area contributed by atoms with Crippen molar-refractivity contribution in [3.8, 4) is 0 Å². The van der Waals surface area contributed by atoms with E-state index in [0.29, 0.717) is 30.6 Å². The molecule has 0 spiro atoms. The molecule has 5 unspecified atom stereocenters. The minimum Gasteiger partial charge on any atom is -0.754 e. The molecule has 0 aliphatic carbocycles. The first-order valence-electron chi connectivity index (χ1n) is 18.4. The van der Waals surface area contributed by atoms with Crippen LogP contribution in [0, 0.1) is 37.7 Å². The monoisotopic (exact) mass is 804 g/mol. The summed E-state index contributed by atoms with van der Waals surface area (Å²) in [5.74, 6) is -0.0663. The van der Waals surface area contributed by atoms with Crippen LogP contribution in [0.25, 0.3) is 0 Å². The predicted molar refractivity (Wildman–Crippen MR) is 208 cm³/mol. The Kier molecular flexibility index (Phi) is 20.2. The third-order valence-electron chi connectivity index (χ3n) is 10.1. The first-order chi connectivity index (χ1) is 25.4. The zero-order valence-electron chi connectivity index (χ0n) is 30.6. The summed E-state index contributed by atoms with van der Waals surface area (Å²) < 4.78 is 26.1. The average molecular weight is 805 g/mol. The van der Waals surface area contributed by atoms with Gasteiger partial charge in [0.1, 0.15) is 0 Å². The maximum absolute atomic E-state index is 12.5. The van der Waals surface area contributed by atoms with Crippen molar-refractivity contribution in [1.82, 2.24) is 19.9 Å². The van der Waals surface area contributed by atoms with Gasteiger partial charge in [-0.3, -0.25) is 18.6 Å². The predicted octanol–water partition coefficient (Wildman–Crippen LogP) is 5.46. The number of nitrogens with zero attached hydrogens (tertiary/aromatic N) is 3. The van der Waals surface area contributed by atoms with Gasteiger partial charge in [-0.2, -0.15) is 5.10 Å². The molecule has 11 nitrogen and oxygen atoms in total. The molecule has 4 heterocycles. The van der Waals surface area contributed by atoms with Crippen LogP contribution in [-0.2, 0) is 30.4 Å². The fraction of sp³-hybridized carbons (Fsp3) is 0.450. The number of nitrogens with one attached hydrogen (secondary N) is 2. The Bertz CT molecular complexity index is 1650. The fourth-order valence-electron chi connectivity index (χ4n) is 7.51. The molecule has 5 atom stereocenters. The molecule has 4 aliphatic rings. The summed E-state index contributed by atoms with van der Waals surface area (Å²) in [6, 6.07) is 29.6. The number of methoxy groups -OCH3 is 1. The molecule has 294 valence electrons. The number of likely N-dealkylation sites (tertiary alicyclic amines) is 1. The molecule has 0 saturated carbocycles. The first kappa shape index (κ1) is 45.5. The zero-order chi connectivity index (χ0) is 36.7. The number of carbonyl (C=O) groups excluding carboxylic acids is 3. The van der Waals surface area contributed by atoms with E-state index < -0.39 is 11.3 Å². The standard InChI is InChI=1S/C14H19NO2.C13H17N3O3S.C13H15NO.Ar.ClH/c1-17-14(16)13(11-7-3-2-4-8-11)12-9-5-6-10-15-12;17-13(16-9-5-2-6-10-16)12(14-15-20(18)19)11-7-3-1-4-8-11;15-13-12(10-6-2-1-3-7-10)11-8-4-5-9-14(11)13;;/h2-4,7-8,12-13,15H,5-6,9-10H2,1H3;1,3-4,7-8,15H,2,5-6,9-10H2,(H,18,19);1-3,6-7,11-12H,4-5,8-9H2;;1H/p-1/b;14-12-;;;. The van der Waals surface area contributed by atoms with Crippen LogP contribution in [-0.4, -0.2) is 87.4 Å². The van der Waals surface area contributed by atoms with Crippen molar-refractivity contribution in [2.75, 3.05) is 33.3 Å². The summed E-state index contributed by atoms with van der Waals surface area (Å²) in [6.07, 6.45) is 10.1. The maximum Gasteiger partial charge on any atom is 0.314 e. The van der Waals surface area contributed by atoms with E-state index in [0.717, 1.165) is 44.3 Å². The van der Waals surface area contributed by atoms with E-state index in [-0.39, 0.29) is 85.6 Å². The van der Waals surface area contributed by atoms with Crippen LogP contribution in [0.1, 0.15) is 86.3 Å². The van der Waals surface area contributed by atoms with Crippen LogP contribution in [0.3, 0.4) is 0 Å². The van der Waals surface area contributed by atoms with E-state index in [1.807, 2.05) is 59.4 Å². The molecule has 4 fully saturated rings. The Hall–Kier alpha value is -2.84. The molecule has 14 heteroatoms. The third kappa shape index (κ3) is 12.6. The van der Waals surface area contributed by atoms with Crippen LogP contribution in [0.4, 0.5) is 0 Å². The number of β-lactam (4-membered cyclic amide) rings is 1. The summed E-state index contributed by atoms with van der Waals surface area (Å²) in [5.41, 5.74) is 2.96. The molecule has 3 aromatic rings. The van der Waals surface area contributed by atoms with Gasteiger partial charge >= 0.3 is 5.97 Å². The summed E-state index contributed by atoms with van der Waals surface area (Å²) in [7, 11) is 1.46. The summed E-state index contributed by atoms with van der Waals surface area (Å²) in [6.45, 7) is 3.34. The van der Waals surface area contributed by atoms with E-state index in [4.69, 9.17) is 4.74 Å². The number of fused-ring (bicyclic) bond motifs is 1. The summed E-state index contributed by atoms with van der Waals surface area (Å²) in [5, 5.41) is 7.16. The van der Waals surface area contributed by atoms with Crippen LogP contribution in [0.15, 0.2) is 96.1 Å². The minimum absolute atomic E-state index is 0. The van der Waals surface area contributed by atoms with E-state index in [2.05, 4.69) is 27.5 Å². The molecule has 0 radical (unpaired) electrons. The quantitative estimate of drug-likeness (QED) is 0.101. The van der Waals surface area contributed by atoms with Gasteiger partial charge in [-0.1, -0.05) is 97.4 Å². The Labute approximate surface area is 357 Å². The largest absolute Gasteiger partial charge is 0.754 e. The van der Waals surface area contributed by atoms with Crippen molar-refractivity contribution < 1.29 is 65.6 Å². The van der Waals surface area contributed by atoms with Gasteiger partial charge in [0.05, 0.1) is 30.2 Å². The molecule has 3 aromatic carbocycles. The average Bonchev–Trinajstić information content (AvgIpc) is 3.20. The molecule has 2 amide bonds. The second-order valence-electron chi connectivity index (χ2n) is 13.5. The van der Waals surface area contributed by atoms with Gasteiger partial charge in [0, 0.05) is 75.0 Å². The van der Waals surface area contributed by atoms with Crippen molar-refractivity contribution in [1.29, 1.82) is 0 Å². The van der Waals surface area contributed by atoms with Crippen molar-refractivity contribution in [2.24, 2.45) is 5.10 Å². The molecule has 4 aliphatic heterocycles. The zero-order valence-corrected chi connectivity index (χ0v) is 33.0. The number of halogens is 1. The van der Waals surface area contributed by atoms with Crippen LogP contribution in [0.5, 0.6) is 0 Å². The van der Waals surface area contributed by atoms with Gasteiger partial charge in [0.15, 0.2) is 5.71 Å². The second kappa shape index (κ2) is 23.9. The number of amides is 2. The first-order valence-corrected chi connectivity index (χ1v) is 19.5. The molecule has 0 aromatic heterocycles. The van der Waals surface area contributed by atoms with Crippen molar-refractivity contribution in [2.45, 2.75) is 81.7 Å². The number of hydrogen-bond acceptors (Lipinski definition) is 8. The minimum atomic E-state index is -2.54. The second-order valence-corrected chi connectivity index (χ2v) is 14.1. The van der Waals surface area contributed by atoms with E-state index in [1.54, 1.807) is 29.2 Å². The van der Waals surface area contributed by atoms with Gasteiger partial charge in [-0.25, -0.2) is 4.83 Å². The van der Waals surface area contributed by atoms with Crippen LogP contribution >= 0.6 is 12.4 Å². The maximum atomic E-state index is 12.5. The Balaban J connectivity index is 0.000000216. The molecular formula is C40H51ArClN5O6S-. The number of carbonyl (C=O) groups is 3. The molecular weight excluding hydrogens is 754 g/mol. The van der Waals surface area contributed by atoms with Gasteiger partial charge in [-0.15, -0.1) is 12.4 Å². The van der Waals surface area contributed by atoms with E-state index in [9.17, 15) is 23.1 Å². The number of piperidine rings is 3. The van der Waals surface area contributed by atoms with Crippen molar-refractivity contribution >= 4 is 47.2 Å². The summed E-state index contributed by atoms with van der Waals surface area (Å²) in [4.78, 5) is 42.0. The Morgan fingerprint density at radius 2 is 1.44 bits per heavy atom.